The van der Waals surface area contributed by atoms with Crippen molar-refractivity contribution in [3.63, 3.8) is 0 Å². The lowest BCUT2D eigenvalue weighted by Crippen LogP contribution is -2.47. The maximum absolute atomic E-state index is 12.4. The number of anilines is 1. The Hall–Kier alpha value is -2.61. The van der Waals surface area contributed by atoms with Gasteiger partial charge in [0.05, 0.1) is 19.5 Å². The van der Waals surface area contributed by atoms with E-state index in [2.05, 4.69) is 20.2 Å². The van der Waals surface area contributed by atoms with Crippen LogP contribution >= 0.6 is 0 Å². The molecule has 8 heteroatoms. The highest BCUT2D eigenvalue weighted by Crippen LogP contribution is 2.26. The number of ether oxygens (including phenoxy) is 1. The molecule has 2 aliphatic rings. The molecule has 1 saturated heterocycles. The second-order valence-electron chi connectivity index (χ2n) is 5.50. The van der Waals surface area contributed by atoms with Crippen LogP contribution in [0, 0.1) is 6.92 Å². The molecule has 0 aliphatic carbocycles. The number of aryl methyl sites for hydroxylation is 1. The van der Waals surface area contributed by atoms with Crippen molar-refractivity contribution < 1.29 is 9.15 Å². The molecular weight excluding hydrogens is 298 g/mol. The summed E-state index contributed by atoms with van der Waals surface area (Å²) in [5, 5.41) is 3.17. The van der Waals surface area contributed by atoms with Gasteiger partial charge in [0.15, 0.2) is 6.17 Å². The first-order valence-corrected chi connectivity index (χ1v) is 7.53. The first-order valence-electron chi connectivity index (χ1n) is 7.53. The topological polar surface area (TPSA) is 84.9 Å². The third-order valence-corrected chi connectivity index (χ3v) is 3.90. The third kappa shape index (κ3) is 2.50. The van der Waals surface area contributed by atoms with Crippen LogP contribution in [0.15, 0.2) is 38.7 Å². The standard InChI is InChI=1S/C15H17N5O3/c1-10-9-12(21)20-13(11-3-2-6-23-11)17-14(18-15(20)16-10)19-4-7-22-8-5-19/h2-3,6,9,13H,4-5,7-8H2,1H3,(H,16,17,18)/t13-/m0/s1. The van der Waals surface area contributed by atoms with Gasteiger partial charge in [-0.05, 0) is 19.1 Å². The van der Waals surface area contributed by atoms with Crippen LogP contribution in [0.1, 0.15) is 17.6 Å². The van der Waals surface area contributed by atoms with Crippen molar-refractivity contribution in [1.82, 2.24) is 14.5 Å². The lowest BCUT2D eigenvalue weighted by molar-refractivity contribution is 0.0675. The number of furan rings is 1. The van der Waals surface area contributed by atoms with Gasteiger partial charge in [-0.15, -0.1) is 0 Å². The molecule has 0 amide bonds. The third-order valence-electron chi connectivity index (χ3n) is 3.90. The fourth-order valence-corrected chi connectivity index (χ4v) is 2.80. The molecule has 2 aliphatic heterocycles. The normalized spacial score (nSPS) is 20.7. The zero-order chi connectivity index (χ0) is 15.8. The summed E-state index contributed by atoms with van der Waals surface area (Å²) in [7, 11) is 0. The Morgan fingerprint density at radius 1 is 1.35 bits per heavy atom. The van der Waals surface area contributed by atoms with Crippen LogP contribution in [0.25, 0.3) is 0 Å². The van der Waals surface area contributed by atoms with Crippen molar-refractivity contribution in [1.29, 1.82) is 0 Å². The van der Waals surface area contributed by atoms with Crippen LogP contribution in [0.2, 0.25) is 0 Å². The van der Waals surface area contributed by atoms with E-state index in [1.54, 1.807) is 19.3 Å². The van der Waals surface area contributed by atoms with E-state index in [4.69, 9.17) is 9.15 Å². The van der Waals surface area contributed by atoms with Gasteiger partial charge in [0.1, 0.15) is 5.76 Å². The van der Waals surface area contributed by atoms with Gasteiger partial charge in [-0.3, -0.25) is 10.1 Å². The van der Waals surface area contributed by atoms with E-state index in [9.17, 15) is 4.79 Å². The van der Waals surface area contributed by atoms with E-state index in [1.807, 2.05) is 6.07 Å². The molecule has 0 bridgehead atoms. The summed E-state index contributed by atoms with van der Waals surface area (Å²) in [4.78, 5) is 23.6. The molecule has 4 rings (SSSR count). The van der Waals surface area contributed by atoms with Crippen molar-refractivity contribution >= 4 is 11.9 Å². The number of hydrogen-bond donors (Lipinski definition) is 1. The quantitative estimate of drug-likeness (QED) is 0.838. The van der Waals surface area contributed by atoms with E-state index in [1.165, 1.54) is 10.6 Å². The lowest BCUT2D eigenvalue weighted by atomic mass is 10.3. The largest absolute Gasteiger partial charge is 0.465 e. The van der Waals surface area contributed by atoms with Crippen LogP contribution in [0.3, 0.4) is 0 Å². The smallest absolute Gasteiger partial charge is 0.257 e. The molecule has 0 radical (unpaired) electrons. The Kier molecular flexibility index (Phi) is 3.38. The molecule has 23 heavy (non-hydrogen) atoms. The summed E-state index contributed by atoms with van der Waals surface area (Å²) < 4.78 is 12.4. The van der Waals surface area contributed by atoms with Gasteiger partial charge in [-0.1, -0.05) is 0 Å². The van der Waals surface area contributed by atoms with Crippen molar-refractivity contribution in [2.24, 2.45) is 4.99 Å². The van der Waals surface area contributed by atoms with Gasteiger partial charge >= 0.3 is 0 Å². The average molecular weight is 315 g/mol. The summed E-state index contributed by atoms with van der Waals surface area (Å²) in [5.74, 6) is 1.77. The monoisotopic (exact) mass is 315 g/mol. The molecule has 1 fully saturated rings. The highest BCUT2D eigenvalue weighted by molar-refractivity contribution is 5.93. The number of aliphatic imine (C=N–C) groups is 1. The van der Waals surface area contributed by atoms with E-state index in [0.717, 1.165) is 13.1 Å². The predicted molar refractivity (Wildman–Crippen MR) is 83.5 cm³/mol. The van der Waals surface area contributed by atoms with E-state index < -0.39 is 6.17 Å². The second-order valence-corrected chi connectivity index (χ2v) is 5.50. The fourth-order valence-electron chi connectivity index (χ4n) is 2.80. The summed E-state index contributed by atoms with van der Waals surface area (Å²) in [6.45, 7) is 4.59. The van der Waals surface area contributed by atoms with Gasteiger partial charge in [-0.25, -0.2) is 14.5 Å². The van der Waals surface area contributed by atoms with Crippen molar-refractivity contribution in [3.8, 4) is 0 Å². The van der Waals surface area contributed by atoms with Crippen LogP contribution in [-0.4, -0.2) is 46.7 Å². The van der Waals surface area contributed by atoms with E-state index >= 15 is 0 Å². The van der Waals surface area contributed by atoms with Crippen LogP contribution in [0.4, 0.5) is 5.95 Å². The number of nitrogens with one attached hydrogen (secondary N) is 1. The summed E-state index contributed by atoms with van der Waals surface area (Å²) >= 11 is 0. The number of rotatable bonds is 1. The summed E-state index contributed by atoms with van der Waals surface area (Å²) in [6.07, 6.45) is 1.02. The van der Waals surface area contributed by atoms with Crippen molar-refractivity contribution in [2.75, 3.05) is 31.6 Å². The number of fused-ring (bicyclic) bond motifs is 1. The van der Waals surface area contributed by atoms with Crippen LogP contribution in [-0.2, 0) is 4.74 Å². The number of morpholine rings is 1. The lowest BCUT2D eigenvalue weighted by Gasteiger charge is -2.34. The van der Waals surface area contributed by atoms with Gasteiger partial charge < -0.3 is 14.1 Å². The molecule has 0 aromatic carbocycles. The highest BCUT2D eigenvalue weighted by atomic mass is 16.5. The van der Waals surface area contributed by atoms with E-state index in [-0.39, 0.29) is 5.56 Å². The SMILES string of the molecule is Cc1cc(=O)n2c(n1)NC(N1CCOCC1)=N[C@@H]2c1ccco1. The predicted octanol–water partition coefficient (Wildman–Crippen LogP) is 0.805. The van der Waals surface area contributed by atoms with Crippen LogP contribution < -0.4 is 10.9 Å². The Balaban J connectivity index is 1.81. The van der Waals surface area contributed by atoms with E-state index in [0.29, 0.717) is 36.6 Å². The van der Waals surface area contributed by atoms with Gasteiger partial charge in [0, 0.05) is 24.8 Å². The Labute approximate surface area is 132 Å². The van der Waals surface area contributed by atoms with Gasteiger partial charge in [0.25, 0.3) is 5.56 Å². The minimum Gasteiger partial charge on any atom is -0.465 e. The maximum Gasteiger partial charge on any atom is 0.257 e. The molecule has 2 aromatic heterocycles. The van der Waals surface area contributed by atoms with Gasteiger partial charge in [0.2, 0.25) is 11.9 Å². The van der Waals surface area contributed by atoms with Gasteiger partial charge in [-0.2, -0.15) is 0 Å². The molecule has 2 aromatic rings. The molecule has 4 heterocycles. The second kappa shape index (κ2) is 5.54. The minimum atomic E-state index is -0.556. The van der Waals surface area contributed by atoms with Crippen molar-refractivity contribution in [2.45, 2.75) is 13.1 Å². The molecular formula is C15H17N5O3. The first kappa shape index (κ1) is 14.0. The molecule has 1 atom stereocenters. The number of hydrogen-bond acceptors (Lipinski definition) is 7. The zero-order valence-electron chi connectivity index (χ0n) is 12.7. The molecule has 8 nitrogen and oxygen atoms in total. The summed E-state index contributed by atoms with van der Waals surface area (Å²) in [6, 6.07) is 5.09. The minimum absolute atomic E-state index is 0.161. The fraction of sp³-hybridized carbons (Fsp3) is 0.400. The number of aromatic nitrogens is 2. The molecule has 0 spiro atoms. The number of guanidine groups is 1. The van der Waals surface area contributed by atoms with Crippen molar-refractivity contribution in [3.05, 3.63) is 46.3 Å². The molecule has 1 N–H and O–H groups in total. The Morgan fingerprint density at radius 3 is 2.91 bits per heavy atom. The number of nitrogens with zero attached hydrogens (tertiary/aromatic N) is 4. The average Bonchev–Trinajstić information content (AvgIpc) is 3.08. The molecule has 0 unspecified atom stereocenters. The van der Waals surface area contributed by atoms with Crippen LogP contribution in [0.5, 0.6) is 0 Å². The first-order chi connectivity index (χ1) is 11.2. The molecule has 120 valence electrons. The highest BCUT2D eigenvalue weighted by Gasteiger charge is 2.29. The zero-order valence-corrected chi connectivity index (χ0v) is 12.7. The molecule has 0 saturated carbocycles. The maximum atomic E-state index is 12.4. The Morgan fingerprint density at radius 2 is 2.17 bits per heavy atom. The summed E-state index contributed by atoms with van der Waals surface area (Å²) in [5.41, 5.74) is 0.501. The Bertz CT molecular complexity index is 790.